The fourth-order valence-corrected chi connectivity index (χ4v) is 2.34. The topological polar surface area (TPSA) is 0 Å². The molecule has 0 N–H and O–H groups in total. The second kappa shape index (κ2) is 4.45. The summed E-state index contributed by atoms with van der Waals surface area (Å²) in [5.41, 5.74) is 1.54. The summed E-state index contributed by atoms with van der Waals surface area (Å²) in [6.45, 7) is 2.38. The summed E-state index contributed by atoms with van der Waals surface area (Å²) in [5, 5.41) is 0. The molecule has 0 aliphatic heterocycles. The molecule has 1 aliphatic carbocycles. The van der Waals surface area contributed by atoms with Gasteiger partial charge in [0.15, 0.2) is 0 Å². The van der Waals surface area contributed by atoms with Gasteiger partial charge in [-0.2, -0.15) is 0 Å². The SMILES string of the molecule is C.CC1CCCC1c1ccccc1. The summed E-state index contributed by atoms with van der Waals surface area (Å²) in [7, 11) is 0. The Labute approximate surface area is 82.0 Å². The van der Waals surface area contributed by atoms with Gasteiger partial charge in [0.2, 0.25) is 0 Å². The van der Waals surface area contributed by atoms with Crippen molar-refractivity contribution in [3.05, 3.63) is 35.9 Å². The fraction of sp³-hybridized carbons (Fsp3) is 0.538. The van der Waals surface area contributed by atoms with Crippen LogP contribution in [-0.2, 0) is 0 Å². The number of hydrogen-bond acceptors (Lipinski definition) is 0. The summed E-state index contributed by atoms with van der Waals surface area (Å²) in [6, 6.07) is 10.9. The van der Waals surface area contributed by atoms with E-state index in [0.29, 0.717) is 0 Å². The highest BCUT2D eigenvalue weighted by Gasteiger charge is 2.24. The molecule has 0 amide bonds. The third-order valence-electron chi connectivity index (χ3n) is 3.09. The average Bonchev–Trinajstić information content (AvgIpc) is 2.53. The lowest BCUT2D eigenvalue weighted by Gasteiger charge is -2.14. The first-order chi connectivity index (χ1) is 5.88. The van der Waals surface area contributed by atoms with Gasteiger partial charge in [0, 0.05) is 0 Å². The molecule has 0 bridgehead atoms. The second-order valence-corrected chi connectivity index (χ2v) is 3.93. The highest BCUT2D eigenvalue weighted by molar-refractivity contribution is 5.20. The molecule has 0 heteroatoms. The molecule has 0 radical (unpaired) electrons. The molecule has 1 saturated carbocycles. The Balaban J connectivity index is 0.000000845. The van der Waals surface area contributed by atoms with Gasteiger partial charge in [0.05, 0.1) is 0 Å². The lowest BCUT2D eigenvalue weighted by Crippen LogP contribution is -2.00. The molecule has 1 aromatic rings. The summed E-state index contributed by atoms with van der Waals surface area (Å²) < 4.78 is 0. The molecule has 2 atom stereocenters. The zero-order chi connectivity index (χ0) is 8.39. The van der Waals surface area contributed by atoms with Gasteiger partial charge in [-0.3, -0.25) is 0 Å². The summed E-state index contributed by atoms with van der Waals surface area (Å²) in [5.74, 6) is 1.73. The van der Waals surface area contributed by atoms with E-state index in [2.05, 4.69) is 37.3 Å². The van der Waals surface area contributed by atoms with E-state index in [1.54, 1.807) is 5.56 Å². The van der Waals surface area contributed by atoms with E-state index in [0.717, 1.165) is 11.8 Å². The molecule has 0 spiro atoms. The highest BCUT2D eigenvalue weighted by atomic mass is 14.3. The van der Waals surface area contributed by atoms with Crippen LogP contribution in [0.15, 0.2) is 30.3 Å². The van der Waals surface area contributed by atoms with E-state index >= 15 is 0 Å². The smallest absolute Gasteiger partial charge is 0.0136 e. The van der Waals surface area contributed by atoms with Gasteiger partial charge < -0.3 is 0 Å². The molecule has 0 nitrogen and oxygen atoms in total. The van der Waals surface area contributed by atoms with Crippen molar-refractivity contribution in [2.24, 2.45) is 5.92 Å². The standard InChI is InChI=1S/C12H16.CH4/c1-10-6-5-9-12(10)11-7-3-2-4-8-11;/h2-4,7-8,10,12H,5-6,9H2,1H3;1H4. The van der Waals surface area contributed by atoms with Crippen LogP contribution in [0.1, 0.15) is 45.1 Å². The normalized spacial score (nSPS) is 26.8. The molecular weight excluding hydrogens is 156 g/mol. The first-order valence-corrected chi connectivity index (χ1v) is 4.93. The van der Waals surface area contributed by atoms with Crippen LogP contribution in [0.25, 0.3) is 0 Å². The molecule has 72 valence electrons. The first-order valence-electron chi connectivity index (χ1n) is 4.93. The van der Waals surface area contributed by atoms with Crippen LogP contribution >= 0.6 is 0 Å². The molecule has 1 fully saturated rings. The van der Waals surface area contributed by atoms with E-state index in [4.69, 9.17) is 0 Å². The Morgan fingerprint density at radius 1 is 1.08 bits per heavy atom. The lowest BCUT2D eigenvalue weighted by atomic mass is 9.90. The van der Waals surface area contributed by atoms with Crippen LogP contribution in [-0.4, -0.2) is 0 Å². The van der Waals surface area contributed by atoms with Crippen LogP contribution in [0.4, 0.5) is 0 Å². The Morgan fingerprint density at radius 3 is 2.31 bits per heavy atom. The summed E-state index contributed by atoms with van der Waals surface area (Å²) in [6.07, 6.45) is 4.23. The van der Waals surface area contributed by atoms with Crippen molar-refractivity contribution in [3.63, 3.8) is 0 Å². The average molecular weight is 176 g/mol. The van der Waals surface area contributed by atoms with Crippen molar-refractivity contribution in [2.75, 3.05) is 0 Å². The zero-order valence-electron chi connectivity index (χ0n) is 7.66. The predicted molar refractivity (Wildman–Crippen MR) is 58.9 cm³/mol. The number of rotatable bonds is 1. The first kappa shape index (κ1) is 10.3. The summed E-state index contributed by atoms with van der Waals surface area (Å²) in [4.78, 5) is 0. The third kappa shape index (κ3) is 2.12. The Hall–Kier alpha value is -0.780. The fourth-order valence-electron chi connectivity index (χ4n) is 2.34. The lowest BCUT2D eigenvalue weighted by molar-refractivity contribution is 0.533. The van der Waals surface area contributed by atoms with Gasteiger partial charge in [-0.1, -0.05) is 57.5 Å². The van der Waals surface area contributed by atoms with Crippen LogP contribution in [0.2, 0.25) is 0 Å². The number of benzene rings is 1. The Morgan fingerprint density at radius 2 is 1.77 bits per heavy atom. The minimum atomic E-state index is 0. The van der Waals surface area contributed by atoms with Crippen molar-refractivity contribution in [3.8, 4) is 0 Å². The molecule has 1 aromatic carbocycles. The molecule has 0 saturated heterocycles. The van der Waals surface area contributed by atoms with E-state index in [1.807, 2.05) is 0 Å². The van der Waals surface area contributed by atoms with E-state index in [1.165, 1.54) is 19.3 Å². The minimum Gasteiger partial charge on any atom is -0.0776 e. The molecule has 0 heterocycles. The maximum absolute atomic E-state index is 2.38. The van der Waals surface area contributed by atoms with Gasteiger partial charge in [-0.25, -0.2) is 0 Å². The number of hydrogen-bond donors (Lipinski definition) is 0. The molecule has 1 aliphatic rings. The molecule has 0 aromatic heterocycles. The van der Waals surface area contributed by atoms with Crippen molar-refractivity contribution >= 4 is 0 Å². The molecular formula is C13H20. The van der Waals surface area contributed by atoms with Gasteiger partial charge in [-0.15, -0.1) is 0 Å². The van der Waals surface area contributed by atoms with Gasteiger partial charge in [0.1, 0.15) is 0 Å². The van der Waals surface area contributed by atoms with Crippen molar-refractivity contribution in [1.29, 1.82) is 0 Å². The predicted octanol–water partition coefficient (Wildman–Crippen LogP) is 4.23. The van der Waals surface area contributed by atoms with Crippen LogP contribution < -0.4 is 0 Å². The van der Waals surface area contributed by atoms with Gasteiger partial charge >= 0.3 is 0 Å². The molecule has 2 unspecified atom stereocenters. The quantitative estimate of drug-likeness (QED) is 0.600. The monoisotopic (exact) mass is 176 g/mol. The molecule has 2 rings (SSSR count). The van der Waals surface area contributed by atoms with Gasteiger partial charge in [-0.05, 0) is 23.8 Å². The van der Waals surface area contributed by atoms with Crippen LogP contribution in [0, 0.1) is 5.92 Å². The van der Waals surface area contributed by atoms with Gasteiger partial charge in [0.25, 0.3) is 0 Å². The summed E-state index contributed by atoms with van der Waals surface area (Å²) >= 11 is 0. The molecule has 13 heavy (non-hydrogen) atoms. The maximum atomic E-state index is 2.38. The third-order valence-corrected chi connectivity index (χ3v) is 3.09. The largest absolute Gasteiger partial charge is 0.0776 e. The highest BCUT2D eigenvalue weighted by Crippen LogP contribution is 2.38. The van der Waals surface area contributed by atoms with Crippen molar-refractivity contribution in [2.45, 2.75) is 39.5 Å². The maximum Gasteiger partial charge on any atom is -0.0136 e. The van der Waals surface area contributed by atoms with E-state index in [-0.39, 0.29) is 7.43 Å². The Bertz CT molecular complexity index is 237. The van der Waals surface area contributed by atoms with E-state index in [9.17, 15) is 0 Å². The van der Waals surface area contributed by atoms with E-state index < -0.39 is 0 Å². The van der Waals surface area contributed by atoms with Crippen molar-refractivity contribution in [1.82, 2.24) is 0 Å². The Kier molecular flexibility index (Phi) is 3.53. The van der Waals surface area contributed by atoms with Crippen LogP contribution in [0.3, 0.4) is 0 Å². The van der Waals surface area contributed by atoms with Crippen molar-refractivity contribution < 1.29 is 0 Å². The second-order valence-electron chi connectivity index (χ2n) is 3.93. The zero-order valence-corrected chi connectivity index (χ0v) is 7.66. The minimum absolute atomic E-state index is 0. The van der Waals surface area contributed by atoms with Crippen LogP contribution in [0.5, 0.6) is 0 Å².